The Bertz CT molecular complexity index is 217. The molecule has 0 saturated carbocycles. The molecule has 1 N–H and O–H groups in total. The van der Waals surface area contributed by atoms with Gasteiger partial charge in [0.15, 0.2) is 6.23 Å². The Hall–Kier alpha value is 0.300. The molecule has 1 aliphatic heterocycles. The average molecular weight is 261 g/mol. The van der Waals surface area contributed by atoms with Crippen molar-refractivity contribution in [3.8, 4) is 0 Å². The van der Waals surface area contributed by atoms with Gasteiger partial charge in [-0.2, -0.15) is 0 Å². The maximum absolute atomic E-state index is 11.5. The Labute approximate surface area is 97.9 Å². The molecule has 0 aliphatic carbocycles. The van der Waals surface area contributed by atoms with Crippen LogP contribution >= 0.6 is 34.8 Å². The van der Waals surface area contributed by atoms with E-state index in [0.717, 1.165) is 19.3 Å². The third kappa shape index (κ3) is 3.16. The van der Waals surface area contributed by atoms with Crippen LogP contribution in [0.25, 0.3) is 0 Å². The first-order valence-corrected chi connectivity index (χ1v) is 5.60. The van der Waals surface area contributed by atoms with Gasteiger partial charge in [-0.1, -0.05) is 41.2 Å². The fourth-order valence-electron chi connectivity index (χ4n) is 1.44. The zero-order valence-electron chi connectivity index (χ0n) is 7.55. The lowest BCUT2D eigenvalue weighted by molar-refractivity contribution is -0.140. The van der Waals surface area contributed by atoms with E-state index < -0.39 is 10.0 Å². The van der Waals surface area contributed by atoms with Gasteiger partial charge in [-0.05, 0) is 12.8 Å². The number of hydrogen-bond acceptors (Lipinski definition) is 2. The normalized spacial score (nSPS) is 22.0. The van der Waals surface area contributed by atoms with Crippen LogP contribution in [0.1, 0.15) is 25.7 Å². The van der Waals surface area contributed by atoms with E-state index in [1.54, 1.807) is 0 Å². The highest BCUT2D eigenvalue weighted by molar-refractivity contribution is 6.68. The van der Waals surface area contributed by atoms with Gasteiger partial charge < -0.3 is 10.0 Å². The zero-order chi connectivity index (χ0) is 10.8. The summed E-state index contributed by atoms with van der Waals surface area (Å²) in [7, 11) is 0. The van der Waals surface area contributed by atoms with Crippen LogP contribution in [-0.2, 0) is 4.79 Å². The molecule has 1 fully saturated rings. The van der Waals surface area contributed by atoms with Crippen LogP contribution in [0.2, 0.25) is 0 Å². The lowest BCUT2D eigenvalue weighted by Crippen LogP contribution is -2.47. The van der Waals surface area contributed by atoms with Crippen molar-refractivity contribution in [2.24, 2.45) is 0 Å². The number of likely N-dealkylation sites (tertiary alicyclic amines) is 1. The van der Waals surface area contributed by atoms with Crippen molar-refractivity contribution in [2.45, 2.75) is 35.7 Å². The van der Waals surface area contributed by atoms with Crippen LogP contribution in [-0.4, -0.2) is 32.5 Å². The summed E-state index contributed by atoms with van der Waals surface area (Å²) < 4.78 is -1.83. The number of amides is 1. The number of aliphatic hydroxyl groups is 1. The molecule has 0 aromatic heterocycles. The summed E-state index contributed by atoms with van der Waals surface area (Å²) in [6.45, 7) is 0.452. The maximum Gasteiger partial charge on any atom is 0.234 e. The second-order valence-corrected chi connectivity index (χ2v) is 5.68. The Morgan fingerprint density at radius 1 is 1.29 bits per heavy atom. The van der Waals surface area contributed by atoms with Gasteiger partial charge in [0.25, 0.3) is 0 Å². The van der Waals surface area contributed by atoms with Gasteiger partial charge in [-0.25, -0.2) is 0 Å². The molecule has 14 heavy (non-hydrogen) atoms. The molecular formula is C8H12Cl3NO2. The number of alkyl halides is 3. The van der Waals surface area contributed by atoms with E-state index in [2.05, 4.69) is 0 Å². The van der Waals surface area contributed by atoms with Crippen LogP contribution in [0.15, 0.2) is 0 Å². The molecule has 0 unspecified atom stereocenters. The van der Waals surface area contributed by atoms with Crippen LogP contribution in [0, 0.1) is 0 Å². The Morgan fingerprint density at radius 3 is 2.50 bits per heavy atom. The monoisotopic (exact) mass is 259 g/mol. The summed E-state index contributed by atoms with van der Waals surface area (Å²) in [5.74, 6) is -0.152. The molecule has 6 heteroatoms. The minimum atomic E-state index is -1.83. The SMILES string of the molecule is O=C1CCCCCN1[C@H](O)C(Cl)(Cl)Cl. The molecular weight excluding hydrogens is 248 g/mol. The van der Waals surface area contributed by atoms with Crippen molar-refractivity contribution >= 4 is 40.7 Å². The fraction of sp³-hybridized carbons (Fsp3) is 0.875. The molecule has 1 aliphatic rings. The maximum atomic E-state index is 11.5. The highest BCUT2D eigenvalue weighted by atomic mass is 35.6. The summed E-state index contributed by atoms with van der Waals surface area (Å²) in [5.41, 5.74) is 0. The molecule has 0 aromatic rings. The second-order valence-electron chi connectivity index (χ2n) is 3.31. The Kier molecular flexibility index (Phi) is 4.31. The molecule has 1 saturated heterocycles. The molecule has 82 valence electrons. The van der Waals surface area contributed by atoms with Crippen LogP contribution in [0.4, 0.5) is 0 Å². The van der Waals surface area contributed by atoms with E-state index in [4.69, 9.17) is 34.8 Å². The van der Waals surface area contributed by atoms with Gasteiger partial charge in [-0.15, -0.1) is 0 Å². The van der Waals surface area contributed by atoms with Crippen molar-refractivity contribution in [2.75, 3.05) is 6.54 Å². The number of nitrogens with zero attached hydrogens (tertiary/aromatic N) is 1. The van der Waals surface area contributed by atoms with Gasteiger partial charge in [-0.3, -0.25) is 4.79 Å². The fourth-order valence-corrected chi connectivity index (χ4v) is 1.79. The summed E-state index contributed by atoms with van der Waals surface area (Å²) in [5, 5.41) is 9.62. The molecule has 0 spiro atoms. The molecule has 1 atom stereocenters. The van der Waals surface area contributed by atoms with Crippen LogP contribution < -0.4 is 0 Å². The largest absolute Gasteiger partial charge is 0.369 e. The van der Waals surface area contributed by atoms with Crippen molar-refractivity contribution in [1.29, 1.82) is 0 Å². The minimum Gasteiger partial charge on any atom is -0.369 e. The van der Waals surface area contributed by atoms with E-state index in [1.165, 1.54) is 4.90 Å². The quantitative estimate of drug-likeness (QED) is 0.733. The van der Waals surface area contributed by atoms with Gasteiger partial charge in [0.1, 0.15) is 0 Å². The molecule has 0 aromatic carbocycles. The molecule has 1 rings (SSSR count). The molecule has 1 heterocycles. The van der Waals surface area contributed by atoms with Crippen molar-refractivity contribution in [1.82, 2.24) is 4.90 Å². The zero-order valence-corrected chi connectivity index (χ0v) is 9.82. The predicted molar refractivity (Wildman–Crippen MR) is 56.5 cm³/mol. The van der Waals surface area contributed by atoms with E-state index in [1.807, 2.05) is 0 Å². The van der Waals surface area contributed by atoms with E-state index in [-0.39, 0.29) is 5.91 Å². The lowest BCUT2D eigenvalue weighted by Gasteiger charge is -2.31. The lowest BCUT2D eigenvalue weighted by atomic mass is 10.2. The van der Waals surface area contributed by atoms with Gasteiger partial charge in [0, 0.05) is 13.0 Å². The Balaban J connectivity index is 2.68. The second kappa shape index (κ2) is 4.88. The van der Waals surface area contributed by atoms with Crippen LogP contribution in [0.3, 0.4) is 0 Å². The number of halogens is 3. The highest BCUT2D eigenvalue weighted by Crippen LogP contribution is 2.33. The summed E-state index contributed by atoms with van der Waals surface area (Å²) in [6.07, 6.45) is 1.70. The highest BCUT2D eigenvalue weighted by Gasteiger charge is 2.38. The first kappa shape index (κ1) is 12.4. The van der Waals surface area contributed by atoms with E-state index in [9.17, 15) is 9.90 Å². The van der Waals surface area contributed by atoms with Crippen molar-refractivity contribution in [3.63, 3.8) is 0 Å². The van der Waals surface area contributed by atoms with Crippen LogP contribution in [0.5, 0.6) is 0 Å². The minimum absolute atomic E-state index is 0.152. The van der Waals surface area contributed by atoms with Gasteiger partial charge >= 0.3 is 0 Å². The first-order valence-electron chi connectivity index (χ1n) is 4.47. The summed E-state index contributed by atoms with van der Waals surface area (Å²) >= 11 is 16.6. The van der Waals surface area contributed by atoms with E-state index in [0.29, 0.717) is 13.0 Å². The number of rotatable bonds is 1. The van der Waals surface area contributed by atoms with Crippen molar-refractivity contribution < 1.29 is 9.90 Å². The van der Waals surface area contributed by atoms with E-state index >= 15 is 0 Å². The molecule has 1 amide bonds. The number of aliphatic hydroxyl groups excluding tert-OH is 1. The smallest absolute Gasteiger partial charge is 0.234 e. The number of carbonyl (C=O) groups excluding carboxylic acids is 1. The molecule has 0 bridgehead atoms. The standard InChI is InChI=1S/C8H12Cl3NO2/c9-8(10,11)7(14)12-5-3-1-2-4-6(12)13/h7,14H,1-5H2/t7-/m1/s1. The first-order chi connectivity index (χ1) is 6.43. The number of hydrogen-bond donors (Lipinski definition) is 1. The third-order valence-corrected chi connectivity index (χ3v) is 2.78. The molecule has 0 radical (unpaired) electrons. The Morgan fingerprint density at radius 2 is 1.93 bits per heavy atom. The van der Waals surface area contributed by atoms with Gasteiger partial charge in [0.2, 0.25) is 9.70 Å². The van der Waals surface area contributed by atoms with Crippen molar-refractivity contribution in [3.05, 3.63) is 0 Å². The summed E-state index contributed by atoms with van der Waals surface area (Å²) in [6, 6.07) is 0. The number of carbonyl (C=O) groups is 1. The average Bonchev–Trinajstić information content (AvgIpc) is 2.27. The molecule has 3 nitrogen and oxygen atoms in total. The third-order valence-electron chi connectivity index (χ3n) is 2.20. The topological polar surface area (TPSA) is 40.5 Å². The van der Waals surface area contributed by atoms with Gasteiger partial charge in [0.05, 0.1) is 0 Å². The summed E-state index contributed by atoms with van der Waals surface area (Å²) in [4.78, 5) is 12.7. The predicted octanol–water partition coefficient (Wildman–Crippen LogP) is 2.08.